The third-order valence-electron chi connectivity index (χ3n) is 1.57. The highest BCUT2D eigenvalue weighted by molar-refractivity contribution is 14.1. The Labute approximate surface area is 88.3 Å². The maximum Gasteiger partial charge on any atom is 0.330 e. The summed E-state index contributed by atoms with van der Waals surface area (Å²) in [5.74, 6) is 0.285. The fourth-order valence-electron chi connectivity index (χ4n) is 0.996. The highest BCUT2D eigenvalue weighted by Gasteiger charge is 2.09. The number of fused-ring (bicyclic) bond motifs is 1. The van der Waals surface area contributed by atoms with Crippen LogP contribution in [0.15, 0.2) is 4.79 Å². The van der Waals surface area contributed by atoms with Crippen LogP contribution in [0.25, 0.3) is 11.2 Å². The summed E-state index contributed by atoms with van der Waals surface area (Å²) in [5.41, 5.74) is 6.28. The van der Waals surface area contributed by atoms with E-state index in [1.807, 2.05) is 22.6 Å². The van der Waals surface area contributed by atoms with Crippen LogP contribution in [0.3, 0.4) is 0 Å². The number of hydrogen-bond acceptors (Lipinski definition) is 4. The first kappa shape index (κ1) is 8.89. The van der Waals surface area contributed by atoms with Gasteiger partial charge in [0.15, 0.2) is 15.3 Å². The fourth-order valence-corrected chi connectivity index (χ4v) is 1.74. The molecule has 3 N–H and O–H groups in total. The van der Waals surface area contributed by atoms with Crippen molar-refractivity contribution >= 4 is 49.0 Å². The molecule has 0 aliphatic heterocycles. The van der Waals surface area contributed by atoms with Crippen molar-refractivity contribution in [1.82, 2.24) is 19.3 Å². The molecule has 0 saturated carbocycles. The van der Waals surface area contributed by atoms with Gasteiger partial charge in [-0.25, -0.2) is 14.8 Å². The number of aromatic nitrogens is 4. The molecule has 2 heterocycles. The average Bonchev–Trinajstić information content (AvgIpc) is 2.32. The molecule has 8 heteroatoms. The van der Waals surface area contributed by atoms with Gasteiger partial charge < -0.3 is 10.7 Å². The molecule has 0 bridgehead atoms. The molecule has 0 amide bonds. The molecule has 13 heavy (non-hydrogen) atoms. The fraction of sp³-hybridized carbons (Fsp3) is 0. The second-order valence-electron chi connectivity index (χ2n) is 2.38. The predicted molar refractivity (Wildman–Crippen MR) is 60.4 cm³/mol. The van der Waals surface area contributed by atoms with Gasteiger partial charge in [-0.2, -0.15) is 0 Å². The van der Waals surface area contributed by atoms with Crippen LogP contribution in [0.5, 0.6) is 0 Å². The van der Waals surface area contributed by atoms with Crippen molar-refractivity contribution in [1.29, 1.82) is 0 Å². The van der Waals surface area contributed by atoms with Crippen LogP contribution >= 0.6 is 32.0 Å². The Bertz CT molecular complexity index is 531. The highest BCUT2D eigenvalue weighted by Crippen LogP contribution is 2.15. The van der Waals surface area contributed by atoms with E-state index in [0.717, 1.165) is 0 Å². The van der Waals surface area contributed by atoms with Crippen LogP contribution in [0.2, 0.25) is 0 Å². The minimum Gasteiger partial charge on any atom is -0.382 e. The van der Waals surface area contributed by atoms with Crippen LogP contribution in [0.1, 0.15) is 0 Å². The molecule has 0 aliphatic rings. The van der Waals surface area contributed by atoms with Crippen LogP contribution < -0.4 is 11.4 Å². The van der Waals surface area contributed by atoms with Crippen molar-refractivity contribution in [2.24, 2.45) is 0 Å². The molecule has 1 unspecified atom stereocenters. The van der Waals surface area contributed by atoms with Gasteiger partial charge in [-0.05, 0) is 9.39 Å². The summed E-state index contributed by atoms with van der Waals surface area (Å²) in [6.45, 7) is 0. The van der Waals surface area contributed by atoms with Crippen molar-refractivity contribution in [3.63, 3.8) is 0 Å². The molecule has 6 nitrogen and oxygen atoms in total. The van der Waals surface area contributed by atoms with Gasteiger partial charge in [-0.3, -0.25) is 4.34 Å². The van der Waals surface area contributed by atoms with Crippen LogP contribution in [-0.2, 0) is 0 Å². The van der Waals surface area contributed by atoms with E-state index >= 15 is 0 Å². The Hall–Kier alpha value is -0.690. The van der Waals surface area contributed by atoms with Gasteiger partial charge in [0.1, 0.15) is 5.52 Å². The SMILES string of the molecule is Nc1nc(I)nc2c1[nH]c(=O)n2P. The molecule has 68 valence electrons. The Morgan fingerprint density at radius 1 is 1.54 bits per heavy atom. The second-order valence-corrected chi connectivity index (χ2v) is 3.86. The van der Waals surface area contributed by atoms with Gasteiger partial charge in [-0.1, -0.05) is 0 Å². The maximum atomic E-state index is 11.2. The van der Waals surface area contributed by atoms with Gasteiger partial charge in [0.25, 0.3) is 0 Å². The zero-order valence-electron chi connectivity index (χ0n) is 6.28. The van der Waals surface area contributed by atoms with Gasteiger partial charge in [-0.15, -0.1) is 0 Å². The first-order chi connectivity index (χ1) is 6.09. The average molecular weight is 309 g/mol. The molecule has 2 rings (SSSR count). The van der Waals surface area contributed by atoms with E-state index < -0.39 is 0 Å². The first-order valence-electron chi connectivity index (χ1n) is 3.28. The number of H-pyrrole nitrogens is 1. The molecule has 0 aromatic carbocycles. The predicted octanol–water partition coefficient (Wildman–Crippen LogP) is -0.0554. The molecule has 0 spiro atoms. The number of rotatable bonds is 0. The Morgan fingerprint density at radius 3 is 2.92 bits per heavy atom. The smallest absolute Gasteiger partial charge is 0.330 e. The number of halogens is 1. The number of nitrogens with zero attached hydrogens (tertiary/aromatic N) is 3. The van der Waals surface area contributed by atoms with Crippen LogP contribution in [0.4, 0.5) is 5.82 Å². The monoisotopic (exact) mass is 309 g/mol. The van der Waals surface area contributed by atoms with Crippen LogP contribution in [0, 0.1) is 3.83 Å². The summed E-state index contributed by atoms with van der Waals surface area (Å²) >= 11 is 1.94. The zero-order valence-corrected chi connectivity index (χ0v) is 9.59. The lowest BCUT2D eigenvalue weighted by Crippen LogP contribution is -2.07. The number of nitrogens with two attached hydrogens (primary N) is 1. The van der Waals surface area contributed by atoms with Gasteiger partial charge in [0, 0.05) is 22.6 Å². The van der Waals surface area contributed by atoms with E-state index in [2.05, 4.69) is 24.3 Å². The topological polar surface area (TPSA) is 89.6 Å². The largest absolute Gasteiger partial charge is 0.382 e. The third-order valence-corrected chi connectivity index (χ3v) is 2.53. The molecule has 0 aliphatic carbocycles. The molecule has 2 aromatic rings. The molecular formula is C5H5IN5OP. The van der Waals surface area contributed by atoms with Crippen LogP contribution in [-0.4, -0.2) is 19.3 Å². The molecule has 1 atom stereocenters. The second kappa shape index (κ2) is 2.91. The number of hydrogen-bond donors (Lipinski definition) is 2. The lowest BCUT2D eigenvalue weighted by molar-refractivity contribution is 1.11. The van der Waals surface area contributed by atoms with Crippen molar-refractivity contribution in [2.45, 2.75) is 0 Å². The summed E-state index contributed by atoms with van der Waals surface area (Å²) < 4.78 is 1.83. The number of anilines is 1. The number of aromatic amines is 1. The summed E-state index contributed by atoms with van der Waals surface area (Å²) in [6.07, 6.45) is 0. The molecule has 2 aromatic heterocycles. The van der Waals surface area contributed by atoms with Crippen molar-refractivity contribution in [2.75, 3.05) is 5.73 Å². The quantitative estimate of drug-likeness (QED) is 0.405. The van der Waals surface area contributed by atoms with Gasteiger partial charge >= 0.3 is 5.69 Å². The third kappa shape index (κ3) is 1.31. The molecular weight excluding hydrogens is 304 g/mol. The minimum absolute atomic E-state index is 0.275. The number of nitrogens with one attached hydrogen (secondary N) is 1. The standard InChI is InChI=1S/C5H5IN5OP/c6-4-9-2(7)1-3(10-4)11(13)5(12)8-1/h13H2,(H,8,12)(H2,7,9,10). The van der Waals surface area contributed by atoms with Gasteiger partial charge in [0.05, 0.1) is 0 Å². The van der Waals surface area contributed by atoms with E-state index in [9.17, 15) is 4.79 Å². The number of nitrogen functional groups attached to an aromatic ring is 1. The van der Waals surface area contributed by atoms with Gasteiger partial charge in [0.2, 0.25) is 0 Å². The first-order valence-corrected chi connectivity index (χ1v) is 4.88. The van der Waals surface area contributed by atoms with E-state index in [1.54, 1.807) is 0 Å². The van der Waals surface area contributed by atoms with Crippen molar-refractivity contribution < 1.29 is 0 Å². The van der Waals surface area contributed by atoms with E-state index in [1.165, 1.54) is 4.34 Å². The summed E-state index contributed by atoms with van der Waals surface area (Å²) in [7, 11) is 2.26. The summed E-state index contributed by atoms with van der Waals surface area (Å²) in [4.78, 5) is 21.7. The lowest BCUT2D eigenvalue weighted by atomic mass is 10.5. The molecule has 0 radical (unpaired) electrons. The maximum absolute atomic E-state index is 11.2. The molecule has 0 fully saturated rings. The lowest BCUT2D eigenvalue weighted by Gasteiger charge is -1.96. The highest BCUT2D eigenvalue weighted by atomic mass is 127. The zero-order chi connectivity index (χ0) is 9.59. The summed E-state index contributed by atoms with van der Waals surface area (Å²) in [5, 5.41) is 0. The molecule has 0 saturated heterocycles. The Kier molecular flexibility index (Phi) is 1.99. The van der Waals surface area contributed by atoms with Crippen molar-refractivity contribution in [3.05, 3.63) is 14.3 Å². The minimum atomic E-state index is -0.275. The normalized spacial score (nSPS) is 10.9. The Balaban J connectivity index is 3.03. The van der Waals surface area contributed by atoms with E-state index in [-0.39, 0.29) is 11.5 Å². The van der Waals surface area contributed by atoms with Crippen molar-refractivity contribution in [3.8, 4) is 0 Å². The number of imidazole rings is 1. The van der Waals surface area contributed by atoms with E-state index in [4.69, 9.17) is 5.73 Å². The Morgan fingerprint density at radius 2 is 2.23 bits per heavy atom. The summed E-state index contributed by atoms with van der Waals surface area (Å²) in [6, 6.07) is 0. The van der Waals surface area contributed by atoms with E-state index in [0.29, 0.717) is 15.0 Å².